The lowest BCUT2D eigenvalue weighted by molar-refractivity contribution is -0.146. The van der Waals surface area contributed by atoms with Gasteiger partial charge in [-0.05, 0) is 59.8 Å². The molecule has 1 aliphatic heterocycles. The number of hydrogen-bond acceptors (Lipinski definition) is 4. The molecule has 1 saturated heterocycles. The lowest BCUT2D eigenvalue weighted by atomic mass is 10.1. The number of halogens is 1. The molecular weight excluding hydrogens is 358 g/mol. The van der Waals surface area contributed by atoms with Crippen molar-refractivity contribution in [1.29, 1.82) is 0 Å². The van der Waals surface area contributed by atoms with Crippen LogP contribution in [0, 0.1) is 6.92 Å². The second kappa shape index (κ2) is 6.46. The highest BCUT2D eigenvalue weighted by molar-refractivity contribution is 9.10. The van der Waals surface area contributed by atoms with Gasteiger partial charge in [0.25, 0.3) is 0 Å². The van der Waals surface area contributed by atoms with E-state index < -0.39 is 22.0 Å². The molecular formula is C14H18BrNO4S. The van der Waals surface area contributed by atoms with Crippen LogP contribution in [0.5, 0.6) is 0 Å². The Hall–Kier alpha value is -0.920. The SMILES string of the molecule is COC(=O)C1CCCCN1S(=O)(=O)c1ccc(C)cc1Br. The predicted octanol–water partition coefficient (Wildman–Crippen LogP) is 2.47. The topological polar surface area (TPSA) is 63.7 Å². The molecule has 0 radical (unpaired) electrons. The normalized spacial score (nSPS) is 20.2. The molecule has 1 atom stereocenters. The summed E-state index contributed by atoms with van der Waals surface area (Å²) in [7, 11) is -2.45. The van der Waals surface area contributed by atoms with Gasteiger partial charge in [-0.2, -0.15) is 4.31 Å². The van der Waals surface area contributed by atoms with Crippen LogP contribution in [0.1, 0.15) is 24.8 Å². The fourth-order valence-electron chi connectivity index (χ4n) is 2.51. The highest BCUT2D eigenvalue weighted by Gasteiger charge is 2.38. The van der Waals surface area contributed by atoms with E-state index in [0.29, 0.717) is 17.4 Å². The Morgan fingerprint density at radius 3 is 2.71 bits per heavy atom. The molecule has 1 aliphatic rings. The van der Waals surface area contributed by atoms with Crippen LogP contribution in [-0.4, -0.2) is 38.4 Å². The molecule has 0 saturated carbocycles. The van der Waals surface area contributed by atoms with Gasteiger partial charge in [-0.1, -0.05) is 6.07 Å². The Morgan fingerprint density at radius 1 is 1.38 bits per heavy atom. The number of hydrogen-bond donors (Lipinski definition) is 0. The zero-order valence-electron chi connectivity index (χ0n) is 12.0. The van der Waals surface area contributed by atoms with Crippen LogP contribution in [0.15, 0.2) is 27.6 Å². The van der Waals surface area contributed by atoms with Gasteiger partial charge >= 0.3 is 5.97 Å². The minimum Gasteiger partial charge on any atom is -0.468 e. The molecule has 1 fully saturated rings. The Balaban J connectivity index is 2.43. The van der Waals surface area contributed by atoms with Crippen LogP contribution in [-0.2, 0) is 19.6 Å². The number of aryl methyl sites for hydroxylation is 1. The van der Waals surface area contributed by atoms with Gasteiger partial charge in [0.15, 0.2) is 0 Å². The van der Waals surface area contributed by atoms with E-state index in [9.17, 15) is 13.2 Å². The average molecular weight is 376 g/mol. The molecule has 0 spiro atoms. The molecule has 21 heavy (non-hydrogen) atoms. The Kier molecular flexibility index (Phi) is 5.06. The number of carbonyl (C=O) groups excluding carboxylic acids is 1. The van der Waals surface area contributed by atoms with Crippen LogP contribution in [0.3, 0.4) is 0 Å². The van der Waals surface area contributed by atoms with E-state index in [1.165, 1.54) is 11.4 Å². The summed E-state index contributed by atoms with van der Waals surface area (Å²) >= 11 is 3.30. The van der Waals surface area contributed by atoms with Crippen LogP contribution < -0.4 is 0 Å². The van der Waals surface area contributed by atoms with Crippen molar-refractivity contribution < 1.29 is 17.9 Å². The van der Waals surface area contributed by atoms with E-state index in [4.69, 9.17) is 4.74 Å². The number of methoxy groups -OCH3 is 1. The lowest BCUT2D eigenvalue weighted by Gasteiger charge is -2.32. The van der Waals surface area contributed by atoms with Crippen molar-refractivity contribution in [3.8, 4) is 0 Å². The number of nitrogens with zero attached hydrogens (tertiary/aromatic N) is 1. The van der Waals surface area contributed by atoms with Crippen LogP contribution in [0.4, 0.5) is 0 Å². The van der Waals surface area contributed by atoms with E-state index in [1.54, 1.807) is 18.2 Å². The van der Waals surface area contributed by atoms with Crippen LogP contribution >= 0.6 is 15.9 Å². The largest absolute Gasteiger partial charge is 0.468 e. The quantitative estimate of drug-likeness (QED) is 0.761. The van der Waals surface area contributed by atoms with Gasteiger partial charge in [-0.15, -0.1) is 0 Å². The number of esters is 1. The third-order valence-electron chi connectivity index (χ3n) is 3.60. The van der Waals surface area contributed by atoms with Gasteiger partial charge < -0.3 is 4.74 Å². The van der Waals surface area contributed by atoms with E-state index in [-0.39, 0.29) is 4.90 Å². The second-order valence-electron chi connectivity index (χ2n) is 5.08. The van der Waals surface area contributed by atoms with Crippen molar-refractivity contribution in [1.82, 2.24) is 4.31 Å². The zero-order chi connectivity index (χ0) is 15.6. The summed E-state index contributed by atoms with van der Waals surface area (Å²) in [6.07, 6.45) is 2.06. The molecule has 0 amide bonds. The summed E-state index contributed by atoms with van der Waals surface area (Å²) in [5.74, 6) is -0.499. The molecule has 1 unspecified atom stereocenters. The van der Waals surface area contributed by atoms with Crippen molar-refractivity contribution in [2.24, 2.45) is 0 Å². The summed E-state index contributed by atoms with van der Waals surface area (Å²) in [5, 5.41) is 0. The molecule has 1 aromatic carbocycles. The van der Waals surface area contributed by atoms with Gasteiger partial charge in [0, 0.05) is 11.0 Å². The molecule has 1 aromatic rings. The minimum absolute atomic E-state index is 0.184. The Morgan fingerprint density at radius 2 is 2.10 bits per heavy atom. The number of ether oxygens (including phenoxy) is 1. The molecule has 0 N–H and O–H groups in total. The molecule has 5 nitrogen and oxygen atoms in total. The van der Waals surface area contributed by atoms with Crippen molar-refractivity contribution in [2.75, 3.05) is 13.7 Å². The first-order valence-electron chi connectivity index (χ1n) is 6.73. The summed E-state index contributed by atoms with van der Waals surface area (Å²) in [4.78, 5) is 12.0. The number of rotatable bonds is 3. The molecule has 116 valence electrons. The zero-order valence-corrected chi connectivity index (χ0v) is 14.4. The van der Waals surface area contributed by atoms with Crippen molar-refractivity contribution in [3.63, 3.8) is 0 Å². The lowest BCUT2D eigenvalue weighted by Crippen LogP contribution is -2.48. The number of benzene rings is 1. The standard InChI is InChI=1S/C14H18BrNO4S/c1-10-6-7-13(11(15)9-10)21(18,19)16-8-4-3-5-12(16)14(17)20-2/h6-7,9,12H,3-5,8H2,1-2H3. The van der Waals surface area contributed by atoms with E-state index in [0.717, 1.165) is 18.4 Å². The first kappa shape index (κ1) is 16.5. The maximum atomic E-state index is 12.8. The monoisotopic (exact) mass is 375 g/mol. The minimum atomic E-state index is -3.73. The first-order chi connectivity index (χ1) is 9.87. The smallest absolute Gasteiger partial charge is 0.324 e. The summed E-state index contributed by atoms with van der Waals surface area (Å²) in [5.41, 5.74) is 0.962. The number of sulfonamides is 1. The van der Waals surface area contributed by atoms with Gasteiger partial charge in [0.1, 0.15) is 6.04 Å². The number of piperidine rings is 1. The van der Waals surface area contributed by atoms with E-state index >= 15 is 0 Å². The molecule has 0 aromatic heterocycles. The average Bonchev–Trinajstić information content (AvgIpc) is 2.46. The Labute approximate surface area is 133 Å². The highest BCUT2D eigenvalue weighted by atomic mass is 79.9. The third kappa shape index (κ3) is 3.30. The van der Waals surface area contributed by atoms with Crippen molar-refractivity contribution >= 4 is 31.9 Å². The second-order valence-corrected chi connectivity index (χ2v) is 7.80. The first-order valence-corrected chi connectivity index (χ1v) is 8.97. The highest BCUT2D eigenvalue weighted by Crippen LogP contribution is 2.30. The molecule has 0 bridgehead atoms. The summed E-state index contributed by atoms with van der Waals surface area (Å²) < 4.78 is 32.2. The van der Waals surface area contributed by atoms with Crippen molar-refractivity contribution in [3.05, 3.63) is 28.2 Å². The molecule has 1 heterocycles. The van der Waals surface area contributed by atoms with E-state index in [2.05, 4.69) is 15.9 Å². The predicted molar refractivity (Wildman–Crippen MR) is 82.4 cm³/mol. The number of carbonyl (C=O) groups is 1. The maximum Gasteiger partial charge on any atom is 0.324 e. The fourth-order valence-corrected chi connectivity index (χ4v) is 5.31. The summed E-state index contributed by atoms with van der Waals surface area (Å²) in [6, 6.07) is 4.33. The molecule has 7 heteroatoms. The Bertz CT molecular complexity index is 644. The van der Waals surface area contributed by atoms with Crippen LogP contribution in [0.25, 0.3) is 0 Å². The van der Waals surface area contributed by atoms with Crippen molar-refractivity contribution in [2.45, 2.75) is 37.1 Å². The van der Waals surface area contributed by atoms with Crippen LogP contribution in [0.2, 0.25) is 0 Å². The van der Waals surface area contributed by atoms with Gasteiger partial charge in [-0.25, -0.2) is 8.42 Å². The third-order valence-corrected chi connectivity index (χ3v) is 6.49. The fraction of sp³-hybridized carbons (Fsp3) is 0.500. The van der Waals surface area contributed by atoms with Gasteiger partial charge in [-0.3, -0.25) is 4.79 Å². The molecule has 0 aliphatic carbocycles. The van der Waals surface area contributed by atoms with E-state index in [1.807, 2.05) is 6.92 Å². The van der Waals surface area contributed by atoms with Gasteiger partial charge in [0.05, 0.1) is 12.0 Å². The molecule has 2 rings (SSSR count). The van der Waals surface area contributed by atoms with Gasteiger partial charge in [0.2, 0.25) is 10.0 Å². The summed E-state index contributed by atoms with van der Waals surface area (Å²) in [6.45, 7) is 2.22. The maximum absolute atomic E-state index is 12.8.